The van der Waals surface area contributed by atoms with Gasteiger partial charge in [-0.2, -0.15) is 13.2 Å². The molecule has 0 atom stereocenters. The van der Waals surface area contributed by atoms with Crippen molar-refractivity contribution in [2.75, 3.05) is 30.0 Å². The fraction of sp³-hybridized carbons (Fsp3) is 0.333. The monoisotopic (exact) mass is 422 g/mol. The minimum atomic E-state index is -5.01. The Morgan fingerprint density at radius 3 is 2.60 bits per heavy atom. The second-order valence-corrected chi connectivity index (χ2v) is 6.67. The van der Waals surface area contributed by atoms with Gasteiger partial charge in [0.05, 0.1) is 12.3 Å². The average molecular weight is 422 g/mol. The first kappa shape index (κ1) is 21.5. The summed E-state index contributed by atoms with van der Waals surface area (Å²) in [6, 6.07) is 11.7. The summed E-state index contributed by atoms with van der Waals surface area (Å²) in [6.45, 7) is 2.54. The van der Waals surface area contributed by atoms with E-state index in [9.17, 15) is 22.8 Å². The predicted octanol–water partition coefficient (Wildman–Crippen LogP) is 3.94. The van der Waals surface area contributed by atoms with Crippen LogP contribution in [0.15, 0.2) is 42.5 Å². The van der Waals surface area contributed by atoms with Crippen LogP contribution in [0.5, 0.6) is 11.5 Å². The maximum Gasteiger partial charge on any atom is 0.471 e. The van der Waals surface area contributed by atoms with Crippen molar-refractivity contribution in [3.8, 4) is 11.5 Å². The van der Waals surface area contributed by atoms with Gasteiger partial charge in [0.25, 0.3) is 5.91 Å². The number of ether oxygens (including phenoxy) is 2. The predicted molar refractivity (Wildman–Crippen MR) is 105 cm³/mol. The van der Waals surface area contributed by atoms with Gasteiger partial charge in [-0.1, -0.05) is 19.1 Å². The van der Waals surface area contributed by atoms with Gasteiger partial charge < -0.3 is 19.7 Å². The number of nitrogens with zero attached hydrogens (tertiary/aromatic N) is 1. The first-order valence-corrected chi connectivity index (χ1v) is 9.45. The highest BCUT2D eigenvalue weighted by Gasteiger charge is 2.39. The Bertz CT molecular complexity index is 913. The van der Waals surface area contributed by atoms with Gasteiger partial charge in [-0.15, -0.1) is 0 Å². The van der Waals surface area contributed by atoms with Crippen LogP contribution in [0.4, 0.5) is 24.5 Å². The normalized spacial score (nSPS) is 13.5. The number of hydrogen-bond acceptors (Lipinski definition) is 4. The lowest BCUT2D eigenvalue weighted by Gasteiger charge is -2.30. The third-order valence-electron chi connectivity index (χ3n) is 4.54. The number of fused-ring (bicyclic) bond motifs is 1. The Hall–Kier alpha value is -3.23. The third-order valence-corrected chi connectivity index (χ3v) is 4.54. The molecule has 0 unspecified atom stereocenters. The highest BCUT2D eigenvalue weighted by molar-refractivity contribution is 6.00. The first-order valence-electron chi connectivity index (χ1n) is 9.45. The smallest absolute Gasteiger partial charge is 0.471 e. The number of benzene rings is 2. The molecule has 0 saturated heterocycles. The molecule has 0 aliphatic carbocycles. The molecular weight excluding hydrogens is 401 g/mol. The van der Waals surface area contributed by atoms with Gasteiger partial charge in [0, 0.05) is 12.2 Å². The largest absolute Gasteiger partial charge is 0.494 e. The lowest BCUT2D eigenvalue weighted by atomic mass is 10.2. The first-order chi connectivity index (χ1) is 14.3. The number of anilines is 2. The quantitative estimate of drug-likeness (QED) is 0.687. The zero-order valence-electron chi connectivity index (χ0n) is 16.3. The molecule has 0 bridgehead atoms. The van der Waals surface area contributed by atoms with Crippen molar-refractivity contribution < 1.29 is 32.2 Å². The molecule has 0 aromatic heterocycles. The highest BCUT2D eigenvalue weighted by Crippen LogP contribution is 2.35. The Balaban J connectivity index is 1.63. The third kappa shape index (κ3) is 5.22. The summed E-state index contributed by atoms with van der Waals surface area (Å²) < 4.78 is 48.5. The minimum Gasteiger partial charge on any atom is -0.494 e. The van der Waals surface area contributed by atoms with E-state index in [2.05, 4.69) is 6.92 Å². The number of amides is 2. The average Bonchev–Trinajstić information content (AvgIpc) is 2.72. The van der Waals surface area contributed by atoms with Gasteiger partial charge in [-0.3, -0.25) is 9.59 Å². The van der Waals surface area contributed by atoms with Crippen molar-refractivity contribution >= 4 is 23.2 Å². The van der Waals surface area contributed by atoms with E-state index in [0.717, 1.165) is 12.2 Å². The molecule has 30 heavy (non-hydrogen) atoms. The summed E-state index contributed by atoms with van der Waals surface area (Å²) in [4.78, 5) is 24.9. The van der Waals surface area contributed by atoms with E-state index in [0.29, 0.717) is 31.0 Å². The topological polar surface area (TPSA) is 67.9 Å². The van der Waals surface area contributed by atoms with Crippen LogP contribution >= 0.6 is 0 Å². The van der Waals surface area contributed by atoms with Crippen LogP contribution in [0.25, 0.3) is 0 Å². The number of hydrogen-bond donors (Lipinski definition) is 1. The van der Waals surface area contributed by atoms with Crippen molar-refractivity contribution in [1.82, 2.24) is 0 Å². The number of aryl methyl sites for hydroxylation is 1. The van der Waals surface area contributed by atoms with Gasteiger partial charge in [-0.25, -0.2) is 0 Å². The van der Waals surface area contributed by atoms with Crippen molar-refractivity contribution in [3.63, 3.8) is 0 Å². The molecule has 0 radical (unpaired) electrons. The Morgan fingerprint density at radius 1 is 1.20 bits per heavy atom. The van der Waals surface area contributed by atoms with E-state index < -0.39 is 12.1 Å². The van der Waals surface area contributed by atoms with E-state index in [4.69, 9.17) is 9.47 Å². The van der Waals surface area contributed by atoms with Crippen molar-refractivity contribution in [1.29, 1.82) is 0 Å². The summed E-state index contributed by atoms with van der Waals surface area (Å²) in [5.41, 5.74) is 1.43. The minimum absolute atomic E-state index is 0.0772. The fourth-order valence-corrected chi connectivity index (χ4v) is 2.96. The zero-order chi connectivity index (χ0) is 21.7. The molecule has 1 N–H and O–H groups in total. The fourth-order valence-electron chi connectivity index (χ4n) is 2.96. The second-order valence-electron chi connectivity index (χ2n) is 6.67. The summed E-state index contributed by atoms with van der Waals surface area (Å²) in [5.74, 6) is -1.33. The molecule has 0 saturated carbocycles. The van der Waals surface area contributed by atoms with Crippen LogP contribution in [0.3, 0.4) is 0 Å². The number of carbonyl (C=O) groups is 2. The lowest BCUT2D eigenvalue weighted by molar-refractivity contribution is -0.167. The summed E-state index contributed by atoms with van der Waals surface area (Å²) in [5, 5.41) is 1.78. The lowest BCUT2D eigenvalue weighted by Crippen LogP contribution is -2.40. The second kappa shape index (κ2) is 9.06. The Kier molecular flexibility index (Phi) is 6.49. The van der Waals surface area contributed by atoms with Crippen molar-refractivity contribution in [2.24, 2.45) is 0 Å². The zero-order valence-corrected chi connectivity index (χ0v) is 16.3. The molecule has 2 amide bonds. The maximum absolute atomic E-state index is 12.5. The molecule has 1 aliphatic heterocycles. The number of carbonyl (C=O) groups excluding carboxylic acids is 2. The molecule has 9 heteroatoms. The van der Waals surface area contributed by atoms with Crippen molar-refractivity contribution in [2.45, 2.75) is 25.9 Å². The molecule has 6 nitrogen and oxygen atoms in total. The molecule has 2 aromatic rings. The van der Waals surface area contributed by atoms with Gasteiger partial charge in [0.1, 0.15) is 11.5 Å². The highest BCUT2D eigenvalue weighted by atomic mass is 19.4. The Morgan fingerprint density at radius 2 is 1.93 bits per heavy atom. The molecule has 2 aromatic carbocycles. The van der Waals surface area contributed by atoms with Crippen LogP contribution < -0.4 is 19.7 Å². The molecule has 0 spiro atoms. The van der Waals surface area contributed by atoms with E-state index >= 15 is 0 Å². The van der Waals surface area contributed by atoms with Crippen LogP contribution in [-0.4, -0.2) is 37.7 Å². The number of halogens is 3. The molecule has 1 aliphatic rings. The summed E-state index contributed by atoms with van der Waals surface area (Å²) >= 11 is 0. The van der Waals surface area contributed by atoms with Crippen LogP contribution in [0.2, 0.25) is 0 Å². The van der Waals surface area contributed by atoms with Crippen molar-refractivity contribution in [3.05, 3.63) is 48.0 Å². The maximum atomic E-state index is 12.5. The Labute approximate surface area is 171 Å². The standard InChI is InChI=1S/C21H21F3N2O4/c1-2-14-4-7-16(8-5-14)29-11-3-10-26-17-12-15(25-20(28)21(22,23)24)6-9-18(17)30-13-19(26)27/h4-9,12H,2-3,10-11,13H2,1H3,(H,25,28). The van der Waals surface area contributed by atoms with E-state index in [1.807, 2.05) is 24.3 Å². The van der Waals surface area contributed by atoms with Gasteiger partial charge in [0.15, 0.2) is 6.61 Å². The van der Waals surface area contributed by atoms with E-state index in [1.165, 1.54) is 28.7 Å². The van der Waals surface area contributed by atoms with Crippen LogP contribution in [0.1, 0.15) is 18.9 Å². The van der Waals surface area contributed by atoms with Crippen LogP contribution in [-0.2, 0) is 16.0 Å². The number of nitrogens with one attached hydrogen (secondary N) is 1. The summed E-state index contributed by atoms with van der Waals surface area (Å²) in [7, 11) is 0. The SMILES string of the molecule is CCc1ccc(OCCCN2C(=O)COc3ccc(NC(=O)C(F)(F)F)cc32)cc1. The number of alkyl halides is 3. The van der Waals surface area contributed by atoms with Gasteiger partial charge in [0.2, 0.25) is 0 Å². The van der Waals surface area contributed by atoms with E-state index in [1.54, 1.807) is 5.32 Å². The molecule has 0 fully saturated rings. The van der Waals surface area contributed by atoms with E-state index in [-0.39, 0.29) is 18.2 Å². The number of rotatable bonds is 7. The summed E-state index contributed by atoms with van der Waals surface area (Å²) in [6.07, 6.45) is -3.57. The molecule has 3 rings (SSSR count). The molecule has 1 heterocycles. The molecule has 160 valence electrons. The van der Waals surface area contributed by atoms with Gasteiger partial charge >= 0.3 is 12.1 Å². The van der Waals surface area contributed by atoms with Gasteiger partial charge in [-0.05, 0) is 48.7 Å². The molecular formula is C21H21F3N2O4. The van der Waals surface area contributed by atoms with Crippen LogP contribution in [0, 0.1) is 0 Å².